The molecule has 0 bridgehead atoms. The lowest BCUT2D eigenvalue weighted by molar-refractivity contribution is 0.514. The predicted molar refractivity (Wildman–Crippen MR) is 67.6 cm³/mol. The summed E-state index contributed by atoms with van der Waals surface area (Å²) in [5.74, 6) is 0. The monoisotopic (exact) mass is 225 g/mol. The van der Waals surface area contributed by atoms with Crippen LogP contribution < -0.4 is 5.32 Å². The summed E-state index contributed by atoms with van der Waals surface area (Å²) in [6.07, 6.45) is 3.53. The molecule has 1 rings (SSSR count). The maximum Gasteiger partial charge on any atom is 0.0435 e. The first-order valence-corrected chi connectivity index (χ1v) is 5.97. The molecule has 2 heteroatoms. The van der Waals surface area contributed by atoms with Crippen molar-refractivity contribution in [3.05, 3.63) is 34.3 Å². The van der Waals surface area contributed by atoms with E-state index in [1.807, 2.05) is 13.1 Å². The van der Waals surface area contributed by atoms with Crippen LogP contribution in [-0.2, 0) is 6.42 Å². The lowest BCUT2D eigenvalue weighted by Crippen LogP contribution is -2.27. The summed E-state index contributed by atoms with van der Waals surface area (Å²) in [6, 6.07) is 6.87. The molecule has 0 amide bonds. The van der Waals surface area contributed by atoms with E-state index in [9.17, 15) is 0 Å². The van der Waals surface area contributed by atoms with Crippen LogP contribution in [0.1, 0.15) is 30.9 Å². The molecule has 84 valence electrons. The van der Waals surface area contributed by atoms with E-state index in [1.165, 1.54) is 24.0 Å². The van der Waals surface area contributed by atoms with Crippen molar-refractivity contribution >= 4 is 11.6 Å². The fourth-order valence-electron chi connectivity index (χ4n) is 1.82. The molecule has 0 heterocycles. The standard InChI is InChI=1S/C13H20ClN/c1-4-5-12(15-3)9-11-6-7-13(14)10(2)8-11/h6-8,12,15H,4-5,9H2,1-3H3. The van der Waals surface area contributed by atoms with Crippen LogP contribution >= 0.6 is 11.6 Å². The van der Waals surface area contributed by atoms with Gasteiger partial charge in [0.25, 0.3) is 0 Å². The molecule has 0 fully saturated rings. The lowest BCUT2D eigenvalue weighted by Gasteiger charge is -2.15. The van der Waals surface area contributed by atoms with Gasteiger partial charge in [-0.3, -0.25) is 0 Å². The lowest BCUT2D eigenvalue weighted by atomic mass is 10.0. The highest BCUT2D eigenvalue weighted by molar-refractivity contribution is 6.31. The average molecular weight is 226 g/mol. The minimum absolute atomic E-state index is 0.579. The molecular formula is C13H20ClN. The number of halogens is 1. The van der Waals surface area contributed by atoms with Crippen LogP contribution in [0.4, 0.5) is 0 Å². The van der Waals surface area contributed by atoms with Gasteiger partial charge in [0.2, 0.25) is 0 Å². The van der Waals surface area contributed by atoms with Crippen LogP contribution in [0.5, 0.6) is 0 Å². The second kappa shape index (κ2) is 6.14. The maximum atomic E-state index is 6.00. The fraction of sp³-hybridized carbons (Fsp3) is 0.538. The number of likely N-dealkylation sites (N-methyl/N-ethyl adjacent to an activating group) is 1. The third kappa shape index (κ3) is 3.84. The van der Waals surface area contributed by atoms with Gasteiger partial charge >= 0.3 is 0 Å². The van der Waals surface area contributed by atoms with Gasteiger partial charge in [-0.05, 0) is 44.0 Å². The smallest absolute Gasteiger partial charge is 0.0435 e. The Balaban J connectivity index is 2.66. The van der Waals surface area contributed by atoms with Crippen molar-refractivity contribution in [3.8, 4) is 0 Å². The molecule has 0 aliphatic rings. The predicted octanol–water partition coefficient (Wildman–Crippen LogP) is 3.58. The zero-order chi connectivity index (χ0) is 11.3. The highest BCUT2D eigenvalue weighted by Gasteiger charge is 2.06. The molecule has 0 spiro atoms. The van der Waals surface area contributed by atoms with Gasteiger partial charge in [-0.1, -0.05) is 37.1 Å². The van der Waals surface area contributed by atoms with Crippen molar-refractivity contribution in [3.63, 3.8) is 0 Å². The highest BCUT2D eigenvalue weighted by Crippen LogP contribution is 2.17. The molecule has 0 saturated carbocycles. The SMILES string of the molecule is CCCC(Cc1ccc(Cl)c(C)c1)NC. The first-order valence-electron chi connectivity index (χ1n) is 5.59. The van der Waals surface area contributed by atoms with Crippen LogP contribution in [0.2, 0.25) is 5.02 Å². The summed E-state index contributed by atoms with van der Waals surface area (Å²) in [5.41, 5.74) is 2.53. The van der Waals surface area contributed by atoms with E-state index in [0.717, 1.165) is 11.4 Å². The fourth-order valence-corrected chi connectivity index (χ4v) is 1.93. The van der Waals surface area contributed by atoms with Crippen LogP contribution in [0.25, 0.3) is 0 Å². The highest BCUT2D eigenvalue weighted by atomic mass is 35.5. The van der Waals surface area contributed by atoms with Crippen molar-refractivity contribution < 1.29 is 0 Å². The van der Waals surface area contributed by atoms with Gasteiger partial charge in [0, 0.05) is 11.1 Å². The van der Waals surface area contributed by atoms with Gasteiger partial charge in [-0.25, -0.2) is 0 Å². The number of hydrogen-bond donors (Lipinski definition) is 1. The van der Waals surface area contributed by atoms with Crippen LogP contribution in [0.15, 0.2) is 18.2 Å². The van der Waals surface area contributed by atoms with Crippen molar-refractivity contribution in [1.29, 1.82) is 0 Å². The number of aryl methyl sites for hydroxylation is 1. The quantitative estimate of drug-likeness (QED) is 0.808. The molecule has 1 aromatic rings. The van der Waals surface area contributed by atoms with E-state index < -0.39 is 0 Å². The Morgan fingerprint density at radius 2 is 2.13 bits per heavy atom. The first kappa shape index (κ1) is 12.5. The Hall–Kier alpha value is -0.530. The molecule has 1 N–H and O–H groups in total. The summed E-state index contributed by atoms with van der Waals surface area (Å²) in [7, 11) is 2.03. The number of nitrogens with one attached hydrogen (secondary N) is 1. The van der Waals surface area contributed by atoms with Crippen molar-refractivity contribution in [2.24, 2.45) is 0 Å². The van der Waals surface area contributed by atoms with E-state index in [2.05, 4.69) is 31.3 Å². The summed E-state index contributed by atoms with van der Waals surface area (Å²) < 4.78 is 0. The summed E-state index contributed by atoms with van der Waals surface area (Å²) in [6.45, 7) is 4.28. The molecular weight excluding hydrogens is 206 g/mol. The molecule has 1 nitrogen and oxygen atoms in total. The molecule has 0 saturated heterocycles. The second-order valence-corrected chi connectivity index (χ2v) is 4.47. The minimum Gasteiger partial charge on any atom is -0.317 e. The Morgan fingerprint density at radius 3 is 2.67 bits per heavy atom. The van der Waals surface area contributed by atoms with E-state index >= 15 is 0 Å². The van der Waals surface area contributed by atoms with Crippen molar-refractivity contribution in [1.82, 2.24) is 5.32 Å². The molecule has 1 atom stereocenters. The maximum absolute atomic E-state index is 6.00. The normalized spacial score (nSPS) is 12.8. The molecule has 0 aliphatic carbocycles. The average Bonchev–Trinajstić information content (AvgIpc) is 2.23. The summed E-state index contributed by atoms with van der Waals surface area (Å²) in [4.78, 5) is 0. The summed E-state index contributed by atoms with van der Waals surface area (Å²) >= 11 is 6.00. The third-order valence-electron chi connectivity index (χ3n) is 2.75. The number of hydrogen-bond acceptors (Lipinski definition) is 1. The zero-order valence-corrected chi connectivity index (χ0v) is 10.6. The van der Waals surface area contributed by atoms with Gasteiger partial charge in [-0.2, -0.15) is 0 Å². The number of rotatable bonds is 5. The zero-order valence-electron chi connectivity index (χ0n) is 9.81. The molecule has 1 unspecified atom stereocenters. The van der Waals surface area contributed by atoms with Crippen molar-refractivity contribution in [2.75, 3.05) is 7.05 Å². The van der Waals surface area contributed by atoms with Crippen molar-refractivity contribution in [2.45, 2.75) is 39.2 Å². The molecule has 15 heavy (non-hydrogen) atoms. The van der Waals surface area contributed by atoms with Crippen LogP contribution in [0.3, 0.4) is 0 Å². The Labute approximate surface area is 97.8 Å². The first-order chi connectivity index (χ1) is 7.17. The molecule has 0 radical (unpaired) electrons. The molecule has 1 aromatic carbocycles. The Bertz CT molecular complexity index is 309. The van der Waals surface area contributed by atoms with Gasteiger partial charge in [0.15, 0.2) is 0 Å². The van der Waals surface area contributed by atoms with Crippen LogP contribution in [-0.4, -0.2) is 13.1 Å². The van der Waals surface area contributed by atoms with E-state index in [4.69, 9.17) is 11.6 Å². The summed E-state index contributed by atoms with van der Waals surface area (Å²) in [5, 5.41) is 4.21. The third-order valence-corrected chi connectivity index (χ3v) is 3.17. The molecule has 0 aromatic heterocycles. The topological polar surface area (TPSA) is 12.0 Å². The second-order valence-electron chi connectivity index (χ2n) is 4.06. The Kier molecular flexibility index (Phi) is 5.13. The van der Waals surface area contributed by atoms with Gasteiger partial charge in [-0.15, -0.1) is 0 Å². The Morgan fingerprint density at radius 1 is 1.40 bits per heavy atom. The minimum atomic E-state index is 0.579. The number of benzene rings is 1. The largest absolute Gasteiger partial charge is 0.317 e. The van der Waals surface area contributed by atoms with E-state index in [0.29, 0.717) is 6.04 Å². The molecule has 0 aliphatic heterocycles. The van der Waals surface area contributed by atoms with E-state index in [-0.39, 0.29) is 0 Å². The van der Waals surface area contributed by atoms with Crippen LogP contribution in [0, 0.1) is 6.92 Å². The van der Waals surface area contributed by atoms with Gasteiger partial charge in [0.05, 0.1) is 0 Å². The van der Waals surface area contributed by atoms with Gasteiger partial charge < -0.3 is 5.32 Å². The van der Waals surface area contributed by atoms with Gasteiger partial charge in [0.1, 0.15) is 0 Å². The van der Waals surface area contributed by atoms with E-state index in [1.54, 1.807) is 0 Å².